The Balaban J connectivity index is 0.00000208. The van der Waals surface area contributed by atoms with Crippen LogP contribution in [-0.2, 0) is 12.8 Å². The van der Waals surface area contributed by atoms with Crippen molar-refractivity contribution < 1.29 is 4.74 Å². The molecular formula is C20H28ClNOS. The van der Waals surface area contributed by atoms with Crippen molar-refractivity contribution in [2.24, 2.45) is 0 Å². The van der Waals surface area contributed by atoms with Gasteiger partial charge in [-0.3, -0.25) is 0 Å². The van der Waals surface area contributed by atoms with E-state index in [4.69, 9.17) is 4.74 Å². The van der Waals surface area contributed by atoms with E-state index in [-0.39, 0.29) is 12.4 Å². The van der Waals surface area contributed by atoms with E-state index in [9.17, 15) is 0 Å². The smallest absolute Gasteiger partial charge is 0.122 e. The van der Waals surface area contributed by atoms with Crippen molar-refractivity contribution in [3.05, 3.63) is 51.2 Å². The molecule has 132 valence electrons. The number of benzene rings is 1. The molecule has 1 aliphatic carbocycles. The molecular weight excluding hydrogens is 338 g/mol. The zero-order valence-corrected chi connectivity index (χ0v) is 16.5. The van der Waals surface area contributed by atoms with Gasteiger partial charge < -0.3 is 9.64 Å². The molecule has 1 aromatic carbocycles. The standard InChI is InChI=1S/C20H27NOS.ClH/c1-15-9-10-19(22-3)18-8-4-6-16(20(15)18)14-21(2)12-11-17-7-5-13-23-17;/h5,7,9-10,13,16H,4,6,8,11-12,14H2,1-3H3;1H. The molecule has 0 saturated heterocycles. The number of aryl methyl sites for hydroxylation is 1. The highest BCUT2D eigenvalue weighted by atomic mass is 35.5. The maximum atomic E-state index is 5.61. The summed E-state index contributed by atoms with van der Waals surface area (Å²) in [5.74, 6) is 1.72. The van der Waals surface area contributed by atoms with Crippen LogP contribution in [0.15, 0.2) is 29.6 Å². The van der Waals surface area contributed by atoms with Crippen LogP contribution < -0.4 is 4.74 Å². The van der Waals surface area contributed by atoms with E-state index < -0.39 is 0 Å². The fourth-order valence-corrected chi connectivity index (χ4v) is 4.55. The highest BCUT2D eigenvalue weighted by molar-refractivity contribution is 7.09. The summed E-state index contributed by atoms with van der Waals surface area (Å²) in [5, 5.41) is 2.17. The molecule has 0 spiro atoms. The second-order valence-electron chi connectivity index (χ2n) is 6.66. The van der Waals surface area contributed by atoms with Crippen LogP contribution in [0.5, 0.6) is 5.75 Å². The van der Waals surface area contributed by atoms with Crippen molar-refractivity contribution in [3.63, 3.8) is 0 Å². The summed E-state index contributed by atoms with van der Waals surface area (Å²) < 4.78 is 5.61. The zero-order chi connectivity index (χ0) is 16.2. The molecule has 1 aromatic heterocycles. The summed E-state index contributed by atoms with van der Waals surface area (Å²) >= 11 is 1.86. The predicted octanol–water partition coefficient (Wildman–Crippen LogP) is 5.08. The average molecular weight is 366 g/mol. The van der Waals surface area contributed by atoms with Crippen molar-refractivity contribution in [1.29, 1.82) is 0 Å². The summed E-state index contributed by atoms with van der Waals surface area (Å²) in [4.78, 5) is 3.98. The van der Waals surface area contributed by atoms with Crippen LogP contribution in [0, 0.1) is 6.92 Å². The van der Waals surface area contributed by atoms with Crippen LogP contribution >= 0.6 is 23.7 Å². The first-order chi connectivity index (χ1) is 11.2. The normalized spacial score (nSPS) is 16.6. The molecule has 1 atom stereocenters. The fourth-order valence-electron chi connectivity index (χ4n) is 3.85. The molecule has 1 unspecified atom stereocenters. The Labute approximate surface area is 156 Å². The maximum Gasteiger partial charge on any atom is 0.122 e. The minimum absolute atomic E-state index is 0. The number of rotatable bonds is 6. The third kappa shape index (κ3) is 4.33. The molecule has 0 amide bonds. The minimum Gasteiger partial charge on any atom is -0.496 e. The lowest BCUT2D eigenvalue weighted by molar-refractivity contribution is 0.299. The largest absolute Gasteiger partial charge is 0.496 e. The Morgan fingerprint density at radius 2 is 2.12 bits per heavy atom. The van der Waals surface area contributed by atoms with E-state index >= 15 is 0 Å². The summed E-state index contributed by atoms with van der Waals surface area (Å²) in [7, 11) is 4.05. The van der Waals surface area contributed by atoms with Crippen LogP contribution in [0.25, 0.3) is 0 Å². The second-order valence-corrected chi connectivity index (χ2v) is 7.69. The molecule has 24 heavy (non-hydrogen) atoms. The molecule has 4 heteroatoms. The predicted molar refractivity (Wildman–Crippen MR) is 106 cm³/mol. The third-order valence-electron chi connectivity index (χ3n) is 4.99. The lowest BCUT2D eigenvalue weighted by atomic mass is 9.79. The summed E-state index contributed by atoms with van der Waals surface area (Å²) in [5.41, 5.74) is 4.44. The first-order valence-electron chi connectivity index (χ1n) is 8.56. The average Bonchev–Trinajstić information content (AvgIpc) is 3.07. The second kappa shape index (κ2) is 8.89. The number of hydrogen-bond donors (Lipinski definition) is 0. The minimum atomic E-state index is 0. The van der Waals surface area contributed by atoms with Gasteiger partial charge in [-0.2, -0.15) is 0 Å². The first-order valence-corrected chi connectivity index (χ1v) is 9.44. The van der Waals surface area contributed by atoms with Gasteiger partial charge in [0.05, 0.1) is 7.11 Å². The van der Waals surface area contributed by atoms with E-state index in [0.29, 0.717) is 5.92 Å². The van der Waals surface area contributed by atoms with Crippen molar-refractivity contribution in [3.8, 4) is 5.75 Å². The Morgan fingerprint density at radius 3 is 2.83 bits per heavy atom. The molecule has 1 aliphatic rings. The molecule has 0 saturated carbocycles. The van der Waals surface area contributed by atoms with Crippen molar-refractivity contribution in [1.82, 2.24) is 4.90 Å². The number of methoxy groups -OCH3 is 1. The zero-order valence-electron chi connectivity index (χ0n) is 14.9. The molecule has 2 aromatic rings. The molecule has 0 N–H and O–H groups in total. The number of ether oxygens (including phenoxy) is 1. The van der Waals surface area contributed by atoms with Crippen LogP contribution in [0.3, 0.4) is 0 Å². The molecule has 0 aliphatic heterocycles. The van der Waals surface area contributed by atoms with E-state index in [0.717, 1.165) is 31.7 Å². The van der Waals surface area contributed by atoms with Gasteiger partial charge in [0.2, 0.25) is 0 Å². The van der Waals surface area contributed by atoms with E-state index in [1.807, 2.05) is 11.3 Å². The van der Waals surface area contributed by atoms with E-state index in [2.05, 4.69) is 48.5 Å². The summed E-state index contributed by atoms with van der Waals surface area (Å²) in [6.07, 6.45) is 4.89. The van der Waals surface area contributed by atoms with Crippen LogP contribution in [0.1, 0.15) is 40.3 Å². The SMILES string of the molecule is COc1ccc(C)c2c1CCCC2CN(C)CCc1cccs1.Cl. The van der Waals surface area contributed by atoms with Gasteiger partial charge in [-0.05, 0) is 79.8 Å². The summed E-state index contributed by atoms with van der Waals surface area (Å²) in [6.45, 7) is 4.53. The van der Waals surface area contributed by atoms with Gasteiger partial charge in [-0.15, -0.1) is 23.7 Å². The number of nitrogens with zero attached hydrogens (tertiary/aromatic N) is 1. The number of halogens is 1. The molecule has 3 rings (SSSR count). The molecule has 0 bridgehead atoms. The Kier molecular flexibility index (Phi) is 7.15. The topological polar surface area (TPSA) is 12.5 Å². The molecule has 0 radical (unpaired) electrons. The molecule has 2 nitrogen and oxygen atoms in total. The molecule has 1 heterocycles. The van der Waals surface area contributed by atoms with Crippen LogP contribution in [0.2, 0.25) is 0 Å². The molecule has 0 fully saturated rings. The quantitative estimate of drug-likeness (QED) is 0.707. The van der Waals surface area contributed by atoms with Gasteiger partial charge in [0.15, 0.2) is 0 Å². The Bertz CT molecular complexity index is 641. The lowest BCUT2D eigenvalue weighted by Crippen LogP contribution is -2.29. The lowest BCUT2D eigenvalue weighted by Gasteiger charge is -2.31. The van der Waals surface area contributed by atoms with Crippen molar-refractivity contribution in [2.75, 3.05) is 27.2 Å². The first kappa shape index (κ1) is 19.3. The number of thiophene rings is 1. The van der Waals surface area contributed by atoms with Crippen molar-refractivity contribution >= 4 is 23.7 Å². The highest BCUT2D eigenvalue weighted by Crippen LogP contribution is 2.39. The number of hydrogen-bond acceptors (Lipinski definition) is 3. The van der Waals surface area contributed by atoms with Gasteiger partial charge in [-0.1, -0.05) is 12.1 Å². The van der Waals surface area contributed by atoms with Gasteiger partial charge in [-0.25, -0.2) is 0 Å². The number of likely N-dealkylation sites (N-methyl/N-ethyl adjacent to an activating group) is 1. The van der Waals surface area contributed by atoms with Gasteiger partial charge in [0.25, 0.3) is 0 Å². The summed E-state index contributed by atoms with van der Waals surface area (Å²) in [6, 6.07) is 8.75. The number of fused-ring (bicyclic) bond motifs is 1. The van der Waals surface area contributed by atoms with Crippen LogP contribution in [0.4, 0.5) is 0 Å². The Morgan fingerprint density at radius 1 is 1.29 bits per heavy atom. The van der Waals surface area contributed by atoms with Crippen molar-refractivity contribution in [2.45, 2.75) is 38.5 Å². The van der Waals surface area contributed by atoms with Crippen LogP contribution in [-0.4, -0.2) is 32.1 Å². The van der Waals surface area contributed by atoms with E-state index in [1.165, 1.54) is 28.8 Å². The monoisotopic (exact) mass is 365 g/mol. The Hall–Kier alpha value is -1.03. The van der Waals surface area contributed by atoms with E-state index in [1.54, 1.807) is 12.7 Å². The highest BCUT2D eigenvalue weighted by Gasteiger charge is 2.25. The van der Waals surface area contributed by atoms with Gasteiger partial charge in [0.1, 0.15) is 5.75 Å². The third-order valence-corrected chi connectivity index (χ3v) is 5.93. The fraction of sp³-hybridized carbons (Fsp3) is 0.500. The van der Waals surface area contributed by atoms with Gasteiger partial charge >= 0.3 is 0 Å². The maximum absolute atomic E-state index is 5.61. The van der Waals surface area contributed by atoms with Gasteiger partial charge in [0, 0.05) is 18.0 Å².